The molecule has 0 unspecified atom stereocenters. The maximum atomic E-state index is 11.4. The van der Waals surface area contributed by atoms with Crippen LogP contribution in [0.5, 0.6) is 11.5 Å². The van der Waals surface area contributed by atoms with Gasteiger partial charge in [-0.2, -0.15) is 0 Å². The van der Waals surface area contributed by atoms with E-state index in [1.54, 1.807) is 14.2 Å². The topological polar surface area (TPSA) is 85.6 Å². The maximum absolute atomic E-state index is 11.4. The highest BCUT2D eigenvalue weighted by Gasteiger charge is 2.24. The summed E-state index contributed by atoms with van der Waals surface area (Å²) in [6, 6.07) is 3.85. The molecule has 0 saturated carbocycles. The number of hydrogen-bond donors (Lipinski definition) is 3. The lowest BCUT2D eigenvalue weighted by atomic mass is 9.91. The van der Waals surface area contributed by atoms with Crippen LogP contribution in [0.4, 0.5) is 0 Å². The first kappa shape index (κ1) is 13.6. The van der Waals surface area contributed by atoms with Gasteiger partial charge in [-0.3, -0.25) is 10.2 Å². The first-order valence-corrected chi connectivity index (χ1v) is 6.17. The second-order valence-corrected chi connectivity index (χ2v) is 4.43. The minimum atomic E-state index is -0.194. The van der Waals surface area contributed by atoms with Gasteiger partial charge in [0.15, 0.2) is 11.5 Å². The molecule has 6 nitrogen and oxygen atoms in total. The summed E-state index contributed by atoms with van der Waals surface area (Å²) in [5.41, 5.74) is 4.39. The van der Waals surface area contributed by atoms with E-state index >= 15 is 0 Å². The molecular weight excluding hydrogens is 246 g/mol. The van der Waals surface area contributed by atoms with Crippen molar-refractivity contribution in [3.05, 3.63) is 23.3 Å². The van der Waals surface area contributed by atoms with Crippen molar-refractivity contribution in [3.8, 4) is 11.5 Å². The molecule has 19 heavy (non-hydrogen) atoms. The summed E-state index contributed by atoms with van der Waals surface area (Å²) in [5.74, 6) is 6.33. The largest absolute Gasteiger partial charge is 0.493 e. The smallest absolute Gasteiger partial charge is 0.235 e. The number of ether oxygens (including phenoxy) is 2. The van der Waals surface area contributed by atoms with E-state index in [1.807, 2.05) is 12.1 Å². The third-order valence-electron chi connectivity index (χ3n) is 3.36. The van der Waals surface area contributed by atoms with Crippen LogP contribution in [0.3, 0.4) is 0 Å². The van der Waals surface area contributed by atoms with E-state index in [1.165, 1.54) is 5.56 Å². The highest BCUT2D eigenvalue weighted by atomic mass is 16.5. The predicted molar refractivity (Wildman–Crippen MR) is 70.9 cm³/mol. The average molecular weight is 265 g/mol. The number of nitrogens with one attached hydrogen (secondary N) is 2. The third kappa shape index (κ3) is 2.80. The highest BCUT2D eigenvalue weighted by Crippen LogP contribution is 2.35. The molecule has 1 aromatic rings. The van der Waals surface area contributed by atoms with Gasteiger partial charge < -0.3 is 14.8 Å². The molecule has 104 valence electrons. The zero-order valence-electron chi connectivity index (χ0n) is 11.2. The number of carbonyl (C=O) groups excluding carboxylic acids is 1. The number of hydrogen-bond acceptors (Lipinski definition) is 5. The molecule has 0 aromatic heterocycles. The lowest BCUT2D eigenvalue weighted by Crippen LogP contribution is -2.37. The van der Waals surface area contributed by atoms with Crippen LogP contribution in [0, 0.1) is 0 Å². The minimum Gasteiger partial charge on any atom is -0.493 e. The van der Waals surface area contributed by atoms with Crippen LogP contribution in [0.15, 0.2) is 12.1 Å². The van der Waals surface area contributed by atoms with Crippen LogP contribution < -0.4 is 26.1 Å². The van der Waals surface area contributed by atoms with Gasteiger partial charge in [-0.15, -0.1) is 0 Å². The predicted octanol–water partition coefficient (Wildman–Crippen LogP) is 0.271. The van der Waals surface area contributed by atoms with Crippen LogP contribution in [0.1, 0.15) is 23.6 Å². The standard InChI is InChI=1S/C13H19N3O3/c1-18-11-5-8-3-4-15-10(7-13(17)16-14)9(8)6-12(11)19-2/h5-6,10,15H,3-4,7,14H2,1-2H3,(H,16,17)/t10-/m0/s1. The Labute approximate surface area is 112 Å². The van der Waals surface area contributed by atoms with Gasteiger partial charge in [0.05, 0.1) is 14.2 Å². The minimum absolute atomic E-state index is 0.0490. The van der Waals surface area contributed by atoms with Gasteiger partial charge in [0.25, 0.3) is 0 Å². The Bertz CT molecular complexity index is 476. The summed E-state index contributed by atoms with van der Waals surface area (Å²) in [7, 11) is 3.22. The molecule has 2 rings (SSSR count). The van der Waals surface area contributed by atoms with Gasteiger partial charge in [0, 0.05) is 12.5 Å². The Balaban J connectivity index is 2.34. The van der Waals surface area contributed by atoms with E-state index in [0.29, 0.717) is 17.9 Å². The number of carbonyl (C=O) groups is 1. The Hall–Kier alpha value is -1.79. The Kier molecular flexibility index (Phi) is 4.24. The van der Waals surface area contributed by atoms with Gasteiger partial charge in [0.2, 0.25) is 5.91 Å². The number of nitrogens with two attached hydrogens (primary N) is 1. The first-order valence-electron chi connectivity index (χ1n) is 6.17. The molecule has 0 fully saturated rings. The lowest BCUT2D eigenvalue weighted by molar-refractivity contribution is -0.121. The first-order chi connectivity index (χ1) is 9.19. The fourth-order valence-corrected chi connectivity index (χ4v) is 2.40. The summed E-state index contributed by atoms with van der Waals surface area (Å²) >= 11 is 0. The molecule has 0 bridgehead atoms. The Morgan fingerprint density at radius 2 is 2.11 bits per heavy atom. The summed E-state index contributed by atoms with van der Waals surface area (Å²) in [6.45, 7) is 0.824. The molecule has 1 atom stereocenters. The third-order valence-corrected chi connectivity index (χ3v) is 3.36. The van der Waals surface area contributed by atoms with Crippen LogP contribution in [-0.2, 0) is 11.2 Å². The molecule has 0 saturated heterocycles. The van der Waals surface area contributed by atoms with E-state index in [0.717, 1.165) is 18.5 Å². The van der Waals surface area contributed by atoms with Crippen molar-refractivity contribution in [2.24, 2.45) is 5.84 Å². The molecule has 4 N–H and O–H groups in total. The molecule has 1 aromatic carbocycles. The summed E-state index contributed by atoms with van der Waals surface area (Å²) in [4.78, 5) is 11.4. The molecule has 0 aliphatic carbocycles. The van der Waals surface area contributed by atoms with Gasteiger partial charge in [0.1, 0.15) is 0 Å². The number of benzene rings is 1. The average Bonchev–Trinajstić information content (AvgIpc) is 2.45. The van der Waals surface area contributed by atoms with E-state index < -0.39 is 0 Å². The van der Waals surface area contributed by atoms with Gasteiger partial charge >= 0.3 is 0 Å². The second kappa shape index (κ2) is 5.90. The summed E-state index contributed by atoms with van der Waals surface area (Å²) in [5, 5.41) is 3.32. The SMILES string of the molecule is COc1cc2c(cc1OC)[C@H](CC(=O)NN)NCC2. The van der Waals surface area contributed by atoms with Crippen LogP contribution >= 0.6 is 0 Å². The number of amides is 1. The summed E-state index contributed by atoms with van der Waals surface area (Å²) < 4.78 is 10.6. The van der Waals surface area contributed by atoms with Crippen LogP contribution in [0.2, 0.25) is 0 Å². The van der Waals surface area contributed by atoms with E-state index in [-0.39, 0.29) is 11.9 Å². The number of methoxy groups -OCH3 is 2. The quantitative estimate of drug-likeness (QED) is 0.413. The van der Waals surface area contributed by atoms with Crippen LogP contribution in [-0.4, -0.2) is 26.7 Å². The van der Waals surface area contributed by atoms with E-state index in [4.69, 9.17) is 15.3 Å². The normalized spacial score (nSPS) is 17.5. The molecule has 6 heteroatoms. The van der Waals surface area contributed by atoms with Crippen LogP contribution in [0.25, 0.3) is 0 Å². The number of rotatable bonds is 4. The monoisotopic (exact) mass is 265 g/mol. The van der Waals surface area contributed by atoms with Crippen molar-refractivity contribution in [2.75, 3.05) is 20.8 Å². The Morgan fingerprint density at radius 3 is 2.74 bits per heavy atom. The van der Waals surface area contributed by atoms with Crippen molar-refractivity contribution in [3.63, 3.8) is 0 Å². The molecule has 1 aliphatic heterocycles. The Morgan fingerprint density at radius 1 is 1.42 bits per heavy atom. The zero-order chi connectivity index (χ0) is 13.8. The van der Waals surface area contributed by atoms with Crippen molar-refractivity contribution in [2.45, 2.75) is 18.9 Å². The van der Waals surface area contributed by atoms with Gasteiger partial charge in [-0.05, 0) is 36.2 Å². The molecule has 0 radical (unpaired) electrons. The van der Waals surface area contributed by atoms with Gasteiger partial charge in [-0.1, -0.05) is 0 Å². The molecule has 1 aliphatic rings. The van der Waals surface area contributed by atoms with Crippen molar-refractivity contribution < 1.29 is 14.3 Å². The number of hydrazine groups is 1. The van der Waals surface area contributed by atoms with E-state index in [2.05, 4.69) is 10.7 Å². The van der Waals surface area contributed by atoms with Crippen molar-refractivity contribution in [1.29, 1.82) is 0 Å². The van der Waals surface area contributed by atoms with Crippen molar-refractivity contribution in [1.82, 2.24) is 10.7 Å². The molecule has 1 amide bonds. The zero-order valence-corrected chi connectivity index (χ0v) is 11.2. The van der Waals surface area contributed by atoms with Gasteiger partial charge in [-0.25, -0.2) is 5.84 Å². The molecule has 0 spiro atoms. The molecular formula is C13H19N3O3. The fraction of sp³-hybridized carbons (Fsp3) is 0.462. The number of fused-ring (bicyclic) bond motifs is 1. The van der Waals surface area contributed by atoms with Crippen molar-refractivity contribution >= 4 is 5.91 Å². The molecule has 1 heterocycles. The highest BCUT2D eigenvalue weighted by molar-refractivity contribution is 5.76. The lowest BCUT2D eigenvalue weighted by Gasteiger charge is -2.27. The fourth-order valence-electron chi connectivity index (χ4n) is 2.40. The summed E-state index contributed by atoms with van der Waals surface area (Å²) in [6.07, 6.45) is 1.20. The second-order valence-electron chi connectivity index (χ2n) is 4.43. The maximum Gasteiger partial charge on any atom is 0.235 e. The van der Waals surface area contributed by atoms with E-state index in [9.17, 15) is 4.79 Å².